The normalized spacial score (nSPS) is 17.0. The molecule has 0 saturated carbocycles. The van der Waals surface area contributed by atoms with Crippen LogP contribution in [0.3, 0.4) is 0 Å². The minimum absolute atomic E-state index is 0.125. The lowest BCUT2D eigenvalue weighted by Crippen LogP contribution is -2.44. The first kappa shape index (κ1) is 23.6. The average Bonchev–Trinajstić information content (AvgIpc) is 3.29. The molecule has 1 fully saturated rings. The van der Waals surface area contributed by atoms with Gasteiger partial charge in [0.05, 0.1) is 18.8 Å². The number of amides is 1. The topological polar surface area (TPSA) is 101 Å². The predicted molar refractivity (Wildman–Crippen MR) is 129 cm³/mol. The second-order valence-electron chi connectivity index (χ2n) is 7.71. The zero-order valence-corrected chi connectivity index (χ0v) is 20.3. The fraction of sp³-hybridized carbons (Fsp3) is 0.318. The number of methoxy groups -OCH3 is 1. The molecule has 1 atom stereocenters. The van der Waals surface area contributed by atoms with Crippen LogP contribution in [0.4, 0.5) is 5.13 Å². The van der Waals surface area contributed by atoms with Crippen LogP contribution in [0.25, 0.3) is 10.6 Å². The van der Waals surface area contributed by atoms with E-state index in [2.05, 4.69) is 15.5 Å². The van der Waals surface area contributed by atoms with E-state index in [0.29, 0.717) is 40.1 Å². The van der Waals surface area contributed by atoms with Crippen LogP contribution in [-0.4, -0.2) is 49.0 Å². The maximum Gasteiger partial charge on any atom is 0.230 e. The van der Waals surface area contributed by atoms with E-state index in [-0.39, 0.29) is 18.2 Å². The number of nitrogens with one attached hydrogen (secondary N) is 1. The highest BCUT2D eigenvalue weighted by atomic mass is 35.5. The number of hydrogen-bond acceptors (Lipinski definition) is 7. The summed E-state index contributed by atoms with van der Waals surface area (Å²) in [5.41, 5.74) is 1.52. The summed E-state index contributed by atoms with van der Waals surface area (Å²) >= 11 is 7.15. The number of piperidine rings is 1. The number of carbonyl (C=O) groups excluding carboxylic acids is 1. The fourth-order valence-electron chi connectivity index (χ4n) is 3.62. The predicted octanol–water partition coefficient (Wildman–Crippen LogP) is 4.05. The van der Waals surface area contributed by atoms with Crippen molar-refractivity contribution in [2.24, 2.45) is 5.92 Å². The van der Waals surface area contributed by atoms with E-state index in [1.807, 2.05) is 24.3 Å². The number of nitrogens with zero attached hydrogens (tertiary/aromatic N) is 3. The van der Waals surface area contributed by atoms with Gasteiger partial charge in [0.15, 0.2) is 0 Å². The molecular weight excluding hydrogens is 484 g/mol. The molecule has 1 aromatic heterocycles. The van der Waals surface area contributed by atoms with Crippen molar-refractivity contribution in [3.63, 3.8) is 0 Å². The summed E-state index contributed by atoms with van der Waals surface area (Å²) in [6, 6.07) is 14.1. The molecule has 2 aromatic carbocycles. The van der Waals surface area contributed by atoms with Crippen LogP contribution in [0.15, 0.2) is 48.5 Å². The zero-order valence-electron chi connectivity index (χ0n) is 17.9. The molecular formula is C22H23ClN4O4S2. The highest BCUT2D eigenvalue weighted by molar-refractivity contribution is 7.88. The van der Waals surface area contributed by atoms with Crippen molar-refractivity contribution in [2.75, 3.05) is 25.5 Å². The molecule has 1 aliphatic heterocycles. The van der Waals surface area contributed by atoms with Crippen molar-refractivity contribution in [3.8, 4) is 16.3 Å². The van der Waals surface area contributed by atoms with Crippen LogP contribution in [0.5, 0.6) is 5.75 Å². The summed E-state index contributed by atoms with van der Waals surface area (Å²) < 4.78 is 32.4. The highest BCUT2D eigenvalue weighted by Gasteiger charge is 2.32. The Morgan fingerprint density at radius 1 is 1.18 bits per heavy atom. The van der Waals surface area contributed by atoms with Crippen LogP contribution in [0, 0.1) is 5.92 Å². The third kappa shape index (κ3) is 5.89. The van der Waals surface area contributed by atoms with Gasteiger partial charge in [-0.25, -0.2) is 12.7 Å². The van der Waals surface area contributed by atoms with E-state index < -0.39 is 15.9 Å². The highest BCUT2D eigenvalue weighted by Crippen LogP contribution is 2.29. The molecule has 174 valence electrons. The molecule has 1 N–H and O–H groups in total. The molecule has 33 heavy (non-hydrogen) atoms. The van der Waals surface area contributed by atoms with Gasteiger partial charge in [-0.3, -0.25) is 4.79 Å². The third-order valence-corrected chi connectivity index (χ3v) is 8.36. The van der Waals surface area contributed by atoms with Gasteiger partial charge in [-0.05, 0) is 54.8 Å². The molecule has 0 radical (unpaired) electrons. The van der Waals surface area contributed by atoms with Crippen LogP contribution in [-0.2, 0) is 20.6 Å². The van der Waals surface area contributed by atoms with E-state index in [1.165, 1.54) is 15.6 Å². The van der Waals surface area contributed by atoms with Gasteiger partial charge in [0.1, 0.15) is 10.8 Å². The number of aromatic nitrogens is 2. The van der Waals surface area contributed by atoms with Gasteiger partial charge in [-0.2, -0.15) is 0 Å². The van der Waals surface area contributed by atoms with Crippen molar-refractivity contribution in [1.82, 2.24) is 14.5 Å². The lowest BCUT2D eigenvalue weighted by Gasteiger charge is -2.31. The van der Waals surface area contributed by atoms with E-state index in [1.54, 1.807) is 31.4 Å². The molecule has 1 aliphatic rings. The Morgan fingerprint density at radius 2 is 1.91 bits per heavy atom. The summed E-state index contributed by atoms with van der Waals surface area (Å²) in [4.78, 5) is 12.8. The van der Waals surface area contributed by atoms with E-state index in [9.17, 15) is 13.2 Å². The zero-order chi connectivity index (χ0) is 23.4. The molecule has 4 rings (SSSR count). The summed E-state index contributed by atoms with van der Waals surface area (Å²) in [5.74, 6) is -0.0873. The smallest absolute Gasteiger partial charge is 0.230 e. The van der Waals surface area contributed by atoms with E-state index in [0.717, 1.165) is 11.3 Å². The van der Waals surface area contributed by atoms with Gasteiger partial charge in [-0.15, -0.1) is 10.2 Å². The van der Waals surface area contributed by atoms with Crippen LogP contribution < -0.4 is 10.1 Å². The number of ether oxygens (including phenoxy) is 1. The fourth-order valence-corrected chi connectivity index (χ4v) is 6.11. The summed E-state index contributed by atoms with van der Waals surface area (Å²) in [5, 5.41) is 12.6. The summed E-state index contributed by atoms with van der Waals surface area (Å²) in [6.07, 6.45) is 1.23. The van der Waals surface area contributed by atoms with E-state index in [4.69, 9.17) is 16.3 Å². The Kier molecular flexibility index (Phi) is 7.28. The molecule has 0 spiro atoms. The monoisotopic (exact) mass is 506 g/mol. The Hall–Kier alpha value is -2.53. The standard InChI is InChI=1S/C22H23ClN4O4S2/c1-31-19-10-6-16(7-11-19)21-25-26-22(32-21)24-20(28)17-3-2-12-27(13-17)33(29,30)14-15-4-8-18(23)9-5-15/h4-11,17H,2-3,12-14H2,1H3,(H,24,26,28)/t17-/m0/s1. The van der Waals surface area contributed by atoms with Gasteiger partial charge in [0.2, 0.25) is 21.1 Å². The third-order valence-electron chi connectivity index (χ3n) is 5.40. The van der Waals surface area contributed by atoms with Gasteiger partial charge in [-0.1, -0.05) is 35.1 Å². The lowest BCUT2D eigenvalue weighted by molar-refractivity contribution is -0.120. The first-order valence-corrected chi connectivity index (χ1v) is 13.2. The number of halogens is 1. The lowest BCUT2D eigenvalue weighted by atomic mass is 9.99. The number of carbonyl (C=O) groups is 1. The Morgan fingerprint density at radius 3 is 2.61 bits per heavy atom. The second kappa shape index (κ2) is 10.2. The molecule has 3 aromatic rings. The maximum atomic E-state index is 12.9. The molecule has 11 heteroatoms. The maximum absolute atomic E-state index is 12.9. The summed E-state index contributed by atoms with van der Waals surface area (Å²) in [7, 11) is -1.95. The minimum Gasteiger partial charge on any atom is -0.497 e. The molecule has 1 saturated heterocycles. The first-order valence-electron chi connectivity index (χ1n) is 10.3. The Balaban J connectivity index is 1.38. The number of benzene rings is 2. The van der Waals surface area contributed by atoms with E-state index >= 15 is 0 Å². The van der Waals surface area contributed by atoms with Crippen molar-refractivity contribution < 1.29 is 17.9 Å². The number of hydrogen-bond donors (Lipinski definition) is 1. The Labute approximate surface area is 201 Å². The van der Waals surface area contributed by atoms with Crippen molar-refractivity contribution in [1.29, 1.82) is 0 Å². The van der Waals surface area contributed by atoms with Gasteiger partial charge in [0.25, 0.3) is 0 Å². The SMILES string of the molecule is COc1ccc(-c2nnc(NC(=O)[C@H]3CCCN(S(=O)(=O)Cc4ccc(Cl)cc4)C3)s2)cc1. The van der Waals surface area contributed by atoms with Crippen LogP contribution in [0.2, 0.25) is 5.02 Å². The van der Waals surface area contributed by atoms with Crippen LogP contribution >= 0.6 is 22.9 Å². The van der Waals surface area contributed by atoms with Crippen molar-refractivity contribution in [3.05, 3.63) is 59.1 Å². The average molecular weight is 507 g/mol. The molecule has 0 unspecified atom stereocenters. The molecule has 1 amide bonds. The van der Waals surface area contributed by atoms with Gasteiger partial charge in [0, 0.05) is 23.7 Å². The molecule has 8 nitrogen and oxygen atoms in total. The molecule has 2 heterocycles. The molecule has 0 bridgehead atoms. The minimum atomic E-state index is -3.55. The first-order chi connectivity index (χ1) is 15.8. The summed E-state index contributed by atoms with van der Waals surface area (Å²) in [6.45, 7) is 0.548. The van der Waals surface area contributed by atoms with Gasteiger partial charge >= 0.3 is 0 Å². The van der Waals surface area contributed by atoms with Crippen molar-refractivity contribution in [2.45, 2.75) is 18.6 Å². The number of rotatable bonds is 7. The number of sulfonamides is 1. The van der Waals surface area contributed by atoms with Gasteiger partial charge < -0.3 is 10.1 Å². The number of anilines is 1. The largest absolute Gasteiger partial charge is 0.497 e. The Bertz CT molecular complexity index is 1210. The molecule has 0 aliphatic carbocycles. The van der Waals surface area contributed by atoms with Crippen LogP contribution in [0.1, 0.15) is 18.4 Å². The van der Waals surface area contributed by atoms with Crippen molar-refractivity contribution >= 4 is 44.0 Å². The quantitative estimate of drug-likeness (QED) is 0.518. The second-order valence-corrected chi connectivity index (χ2v) is 11.1.